The number of ether oxygens (including phenoxy) is 1. The molecule has 0 aliphatic carbocycles. The quantitative estimate of drug-likeness (QED) is 0.559. The number of halogens is 1. The van der Waals surface area contributed by atoms with E-state index < -0.39 is 0 Å². The molecule has 1 aromatic carbocycles. The van der Waals surface area contributed by atoms with Crippen molar-refractivity contribution in [3.05, 3.63) is 52.8 Å². The molecule has 0 N–H and O–H groups in total. The molecule has 2 aromatic heterocycles. The first kappa shape index (κ1) is 16.5. The zero-order valence-corrected chi connectivity index (χ0v) is 14.9. The molecule has 3 aromatic rings. The van der Waals surface area contributed by atoms with Crippen LogP contribution in [0.5, 0.6) is 5.75 Å². The average Bonchev–Trinajstić information content (AvgIpc) is 2.91. The van der Waals surface area contributed by atoms with Gasteiger partial charge in [0.05, 0.1) is 17.8 Å². The molecule has 0 fully saturated rings. The van der Waals surface area contributed by atoms with Gasteiger partial charge in [-0.3, -0.25) is 4.40 Å². The molecule has 0 bridgehead atoms. The number of hydrogen-bond donors (Lipinski definition) is 0. The molecule has 0 unspecified atom stereocenters. The van der Waals surface area contributed by atoms with Crippen LogP contribution in [0.2, 0.25) is 5.02 Å². The van der Waals surface area contributed by atoms with E-state index in [9.17, 15) is 0 Å². The first-order valence-corrected chi connectivity index (χ1v) is 8.11. The van der Waals surface area contributed by atoms with E-state index in [1.165, 1.54) is 0 Å². The van der Waals surface area contributed by atoms with Crippen LogP contribution < -0.4 is 4.74 Å². The van der Waals surface area contributed by atoms with Gasteiger partial charge in [0.1, 0.15) is 17.1 Å². The van der Waals surface area contributed by atoms with E-state index in [2.05, 4.69) is 29.1 Å². The Bertz CT molecular complexity index is 915. The number of aryl methyl sites for hydroxylation is 1. The van der Waals surface area contributed by atoms with Gasteiger partial charge in [-0.1, -0.05) is 31.5 Å². The van der Waals surface area contributed by atoms with Crippen LogP contribution in [0.3, 0.4) is 0 Å². The summed E-state index contributed by atoms with van der Waals surface area (Å²) >= 11 is 6.12. The fourth-order valence-electron chi connectivity index (χ4n) is 2.49. The van der Waals surface area contributed by atoms with Gasteiger partial charge in [0.15, 0.2) is 5.82 Å². The summed E-state index contributed by atoms with van der Waals surface area (Å²) in [5.41, 5.74) is 3.46. The Balaban J connectivity index is 2.14. The summed E-state index contributed by atoms with van der Waals surface area (Å²) < 4.78 is 7.22. The number of nitrogens with zero attached hydrogens (tertiary/aromatic N) is 4. The standard InChI is InChI=1S/C18H19ClN4O/c1-11(2)17-18(23-10-13(19)6-8-16(23)20-17)22-21-14-9-12(3)5-7-15(14)24-4/h5-11H,1-4H3. The van der Waals surface area contributed by atoms with E-state index in [1.54, 1.807) is 13.3 Å². The number of methoxy groups -OCH3 is 1. The number of hydrogen-bond acceptors (Lipinski definition) is 4. The van der Waals surface area contributed by atoms with Crippen LogP contribution in [0.4, 0.5) is 11.5 Å². The summed E-state index contributed by atoms with van der Waals surface area (Å²) in [7, 11) is 1.62. The molecule has 0 aliphatic heterocycles. The number of pyridine rings is 1. The first-order chi connectivity index (χ1) is 11.5. The van der Waals surface area contributed by atoms with E-state index in [4.69, 9.17) is 16.3 Å². The number of imidazole rings is 1. The average molecular weight is 343 g/mol. The molecule has 6 heteroatoms. The predicted octanol–water partition coefficient (Wildman–Crippen LogP) is 5.84. The lowest BCUT2D eigenvalue weighted by Gasteiger charge is -2.05. The van der Waals surface area contributed by atoms with E-state index in [-0.39, 0.29) is 5.92 Å². The fraction of sp³-hybridized carbons (Fsp3) is 0.278. The highest BCUT2D eigenvalue weighted by atomic mass is 35.5. The molecule has 0 saturated carbocycles. The third-order valence-corrected chi connectivity index (χ3v) is 3.94. The molecule has 2 heterocycles. The van der Waals surface area contributed by atoms with Gasteiger partial charge in [-0.15, -0.1) is 10.2 Å². The second kappa shape index (κ2) is 6.61. The van der Waals surface area contributed by atoms with E-state index >= 15 is 0 Å². The van der Waals surface area contributed by atoms with Gasteiger partial charge in [-0.25, -0.2) is 4.98 Å². The lowest BCUT2D eigenvalue weighted by atomic mass is 10.1. The summed E-state index contributed by atoms with van der Waals surface area (Å²) in [6.45, 7) is 6.16. The second-order valence-corrected chi connectivity index (χ2v) is 6.36. The number of aromatic nitrogens is 2. The van der Waals surface area contributed by atoms with Crippen molar-refractivity contribution >= 4 is 28.8 Å². The van der Waals surface area contributed by atoms with Crippen molar-refractivity contribution in [1.82, 2.24) is 9.38 Å². The fourth-order valence-corrected chi connectivity index (χ4v) is 2.65. The van der Waals surface area contributed by atoms with Crippen molar-refractivity contribution in [2.24, 2.45) is 10.2 Å². The number of fused-ring (bicyclic) bond motifs is 1. The van der Waals surface area contributed by atoms with Gasteiger partial charge in [0.2, 0.25) is 0 Å². The summed E-state index contributed by atoms with van der Waals surface area (Å²) in [4.78, 5) is 4.65. The molecule has 3 rings (SSSR count). The Kier molecular flexibility index (Phi) is 4.53. The number of rotatable bonds is 4. The number of azo groups is 1. The molecule has 0 amide bonds. The zero-order chi connectivity index (χ0) is 17.3. The first-order valence-electron chi connectivity index (χ1n) is 7.73. The van der Waals surface area contributed by atoms with Gasteiger partial charge in [0, 0.05) is 6.20 Å². The van der Waals surface area contributed by atoms with Crippen molar-refractivity contribution in [3.63, 3.8) is 0 Å². The van der Waals surface area contributed by atoms with Crippen molar-refractivity contribution < 1.29 is 4.74 Å². The van der Waals surface area contributed by atoms with Gasteiger partial charge < -0.3 is 4.74 Å². The zero-order valence-electron chi connectivity index (χ0n) is 14.1. The highest BCUT2D eigenvalue weighted by Gasteiger charge is 2.15. The van der Waals surface area contributed by atoms with Gasteiger partial charge in [-0.05, 0) is 42.7 Å². The van der Waals surface area contributed by atoms with Crippen molar-refractivity contribution in [2.75, 3.05) is 7.11 Å². The molecular weight excluding hydrogens is 324 g/mol. The predicted molar refractivity (Wildman–Crippen MR) is 96.2 cm³/mol. The number of benzene rings is 1. The highest BCUT2D eigenvalue weighted by Crippen LogP contribution is 2.33. The molecule has 0 spiro atoms. The highest BCUT2D eigenvalue weighted by molar-refractivity contribution is 6.30. The Morgan fingerprint density at radius 3 is 2.67 bits per heavy atom. The lowest BCUT2D eigenvalue weighted by Crippen LogP contribution is -1.88. The van der Waals surface area contributed by atoms with Crippen LogP contribution in [0.25, 0.3) is 5.65 Å². The summed E-state index contributed by atoms with van der Waals surface area (Å²) in [5.74, 6) is 1.59. The Morgan fingerprint density at radius 1 is 1.17 bits per heavy atom. The largest absolute Gasteiger partial charge is 0.494 e. The molecule has 0 radical (unpaired) electrons. The maximum Gasteiger partial charge on any atom is 0.183 e. The minimum atomic E-state index is 0.219. The third-order valence-electron chi connectivity index (χ3n) is 3.72. The van der Waals surface area contributed by atoms with E-state index in [0.717, 1.165) is 16.9 Å². The molecular formula is C18H19ClN4O. The second-order valence-electron chi connectivity index (χ2n) is 5.93. The minimum absolute atomic E-state index is 0.219. The maximum absolute atomic E-state index is 6.12. The van der Waals surface area contributed by atoms with Crippen molar-refractivity contribution in [1.29, 1.82) is 0 Å². The van der Waals surface area contributed by atoms with Crippen molar-refractivity contribution in [3.8, 4) is 5.75 Å². The normalized spacial score (nSPS) is 11.8. The molecule has 24 heavy (non-hydrogen) atoms. The van der Waals surface area contributed by atoms with Gasteiger partial charge in [-0.2, -0.15) is 0 Å². The van der Waals surface area contributed by atoms with Crippen LogP contribution >= 0.6 is 11.6 Å². The Morgan fingerprint density at radius 2 is 1.96 bits per heavy atom. The SMILES string of the molecule is COc1ccc(C)cc1N=Nc1c(C(C)C)nc2ccc(Cl)cn12. The molecule has 0 saturated heterocycles. The van der Waals surface area contributed by atoms with Crippen LogP contribution in [-0.4, -0.2) is 16.5 Å². The van der Waals surface area contributed by atoms with Crippen LogP contribution in [-0.2, 0) is 0 Å². The monoisotopic (exact) mass is 342 g/mol. The molecule has 0 atom stereocenters. The Labute approximate surface area is 146 Å². The maximum atomic E-state index is 6.12. The summed E-state index contributed by atoms with van der Waals surface area (Å²) in [6.07, 6.45) is 1.80. The van der Waals surface area contributed by atoms with Gasteiger partial charge in [0.25, 0.3) is 0 Å². The molecule has 0 aliphatic rings. The van der Waals surface area contributed by atoms with Gasteiger partial charge >= 0.3 is 0 Å². The van der Waals surface area contributed by atoms with Crippen LogP contribution in [0.15, 0.2) is 46.8 Å². The minimum Gasteiger partial charge on any atom is -0.494 e. The lowest BCUT2D eigenvalue weighted by molar-refractivity contribution is 0.415. The Hall–Kier alpha value is -2.40. The summed E-state index contributed by atoms with van der Waals surface area (Å²) in [5, 5.41) is 9.49. The molecule has 124 valence electrons. The summed E-state index contributed by atoms with van der Waals surface area (Å²) in [6, 6.07) is 9.50. The third kappa shape index (κ3) is 3.12. The smallest absolute Gasteiger partial charge is 0.183 e. The van der Waals surface area contributed by atoms with Crippen molar-refractivity contribution in [2.45, 2.75) is 26.7 Å². The van der Waals surface area contributed by atoms with E-state index in [1.807, 2.05) is 41.7 Å². The molecule has 5 nitrogen and oxygen atoms in total. The van der Waals surface area contributed by atoms with E-state index in [0.29, 0.717) is 22.3 Å². The topological polar surface area (TPSA) is 51.2 Å². The van der Waals surface area contributed by atoms with Crippen LogP contribution in [0.1, 0.15) is 31.0 Å². The van der Waals surface area contributed by atoms with Crippen LogP contribution in [0, 0.1) is 6.92 Å².